The fourth-order valence-corrected chi connectivity index (χ4v) is 3.86. The number of aromatic amines is 1. The molecule has 0 radical (unpaired) electrons. The first-order chi connectivity index (χ1) is 13.0. The van der Waals surface area contributed by atoms with Crippen molar-refractivity contribution in [3.63, 3.8) is 0 Å². The van der Waals surface area contributed by atoms with Crippen LogP contribution in [0.4, 0.5) is 11.4 Å². The number of aromatic hydroxyl groups is 1. The first-order valence-corrected chi connectivity index (χ1v) is 8.72. The van der Waals surface area contributed by atoms with Gasteiger partial charge in [0.2, 0.25) is 0 Å². The molecule has 0 spiro atoms. The molecule has 5 nitrogen and oxygen atoms in total. The quantitative estimate of drug-likeness (QED) is 0.258. The minimum absolute atomic E-state index is 0.212. The highest BCUT2D eigenvalue weighted by molar-refractivity contribution is 6.24. The normalized spacial score (nSPS) is 11.6. The Hall–Kier alpha value is -3.73. The van der Waals surface area contributed by atoms with E-state index in [0.29, 0.717) is 11.4 Å². The molecule has 0 aliphatic carbocycles. The third kappa shape index (κ3) is 2.22. The largest absolute Gasteiger partial charge is 0.508 e. The zero-order valence-corrected chi connectivity index (χ0v) is 14.7. The summed E-state index contributed by atoms with van der Waals surface area (Å²) >= 11 is 0. The lowest BCUT2D eigenvalue weighted by Crippen LogP contribution is -1.93. The molecule has 27 heavy (non-hydrogen) atoms. The van der Waals surface area contributed by atoms with Crippen LogP contribution in [0.5, 0.6) is 5.75 Å². The van der Waals surface area contributed by atoms with Gasteiger partial charge in [0.05, 0.1) is 11.0 Å². The summed E-state index contributed by atoms with van der Waals surface area (Å²) in [6.45, 7) is 2.02. The number of nitrogen functional groups attached to an aromatic ring is 2. The monoisotopic (exact) mass is 354 g/mol. The molecule has 0 aliphatic rings. The van der Waals surface area contributed by atoms with E-state index in [2.05, 4.69) is 4.98 Å². The summed E-state index contributed by atoms with van der Waals surface area (Å²) in [5.74, 6) is 0.948. The topological polar surface area (TPSA) is 101 Å². The van der Waals surface area contributed by atoms with Gasteiger partial charge in [-0.2, -0.15) is 0 Å². The van der Waals surface area contributed by atoms with E-state index in [-0.39, 0.29) is 5.75 Å². The number of nitrogens with two attached hydrogens (primary N) is 2. The van der Waals surface area contributed by atoms with Gasteiger partial charge in [-0.3, -0.25) is 0 Å². The number of H-pyrrole nitrogens is 1. The Kier molecular flexibility index (Phi) is 3.09. The highest BCUT2D eigenvalue weighted by Crippen LogP contribution is 2.38. The molecule has 0 unspecified atom stereocenters. The number of imidazole rings is 1. The van der Waals surface area contributed by atoms with E-state index < -0.39 is 0 Å². The number of rotatable bonds is 1. The van der Waals surface area contributed by atoms with E-state index in [1.165, 1.54) is 0 Å². The maximum Gasteiger partial charge on any atom is 0.140 e. The molecule has 6 N–H and O–H groups in total. The lowest BCUT2D eigenvalue weighted by molar-refractivity contribution is 0.476. The summed E-state index contributed by atoms with van der Waals surface area (Å²) in [5, 5.41) is 13.9. The van der Waals surface area contributed by atoms with Gasteiger partial charge in [-0.15, -0.1) is 0 Å². The standard InChI is InChI=1S/C22H18N4O/c1-11-3-2-4-18(24)19(11)22-25-20-14-7-5-12(23)9-16(14)17-10-13(27)6-8-15(17)21(20)26-22/h2-10,27H,23-24H2,1H3,(H,25,26). The van der Waals surface area contributed by atoms with Gasteiger partial charge >= 0.3 is 0 Å². The van der Waals surface area contributed by atoms with Gasteiger partial charge in [-0.25, -0.2) is 4.98 Å². The van der Waals surface area contributed by atoms with Crippen molar-refractivity contribution >= 4 is 44.0 Å². The average Bonchev–Trinajstić information content (AvgIpc) is 3.06. The van der Waals surface area contributed by atoms with Crippen LogP contribution in [-0.2, 0) is 0 Å². The summed E-state index contributed by atoms with van der Waals surface area (Å²) in [4.78, 5) is 8.35. The molecule has 0 fully saturated rings. The fourth-order valence-electron chi connectivity index (χ4n) is 3.86. The average molecular weight is 354 g/mol. The van der Waals surface area contributed by atoms with Crippen molar-refractivity contribution < 1.29 is 5.11 Å². The molecule has 0 saturated carbocycles. The predicted octanol–water partition coefficient (Wildman–Crippen LogP) is 4.71. The van der Waals surface area contributed by atoms with Crippen molar-refractivity contribution in [3.05, 3.63) is 60.2 Å². The Morgan fingerprint density at radius 1 is 0.889 bits per heavy atom. The summed E-state index contributed by atoms with van der Waals surface area (Å²) in [7, 11) is 0. The van der Waals surface area contributed by atoms with Crippen LogP contribution in [0.2, 0.25) is 0 Å². The fraction of sp³-hybridized carbons (Fsp3) is 0.0455. The van der Waals surface area contributed by atoms with Crippen LogP contribution in [0.3, 0.4) is 0 Å². The van der Waals surface area contributed by atoms with Gasteiger partial charge in [0.1, 0.15) is 11.6 Å². The molecule has 1 aromatic heterocycles. The first-order valence-electron chi connectivity index (χ1n) is 8.72. The lowest BCUT2D eigenvalue weighted by atomic mass is 9.99. The van der Waals surface area contributed by atoms with Crippen LogP contribution in [0, 0.1) is 6.92 Å². The second-order valence-electron chi connectivity index (χ2n) is 6.88. The van der Waals surface area contributed by atoms with Crippen LogP contribution in [0.1, 0.15) is 5.56 Å². The van der Waals surface area contributed by atoms with Crippen LogP contribution in [0.25, 0.3) is 44.0 Å². The van der Waals surface area contributed by atoms with E-state index in [0.717, 1.165) is 49.5 Å². The third-order valence-corrected chi connectivity index (χ3v) is 5.11. The third-order valence-electron chi connectivity index (χ3n) is 5.11. The highest BCUT2D eigenvalue weighted by atomic mass is 16.3. The number of fused-ring (bicyclic) bond motifs is 6. The molecular weight excluding hydrogens is 336 g/mol. The van der Waals surface area contributed by atoms with Gasteiger partial charge in [0, 0.05) is 27.7 Å². The van der Waals surface area contributed by atoms with E-state index >= 15 is 0 Å². The molecule has 0 bridgehead atoms. The van der Waals surface area contributed by atoms with Gasteiger partial charge in [0.25, 0.3) is 0 Å². The summed E-state index contributed by atoms with van der Waals surface area (Å²) in [5.41, 5.74) is 17.4. The number of aromatic nitrogens is 2. The SMILES string of the molecule is Cc1cccc(N)c1-c1nc2c3ccc(O)cc3c3cc(N)ccc3c2[nH]1. The Balaban J connectivity index is 1.98. The van der Waals surface area contributed by atoms with Crippen molar-refractivity contribution in [2.75, 3.05) is 11.5 Å². The van der Waals surface area contributed by atoms with E-state index in [1.807, 2.05) is 49.4 Å². The minimum Gasteiger partial charge on any atom is -0.508 e. The van der Waals surface area contributed by atoms with Crippen molar-refractivity contribution in [1.82, 2.24) is 9.97 Å². The molecule has 4 aromatic carbocycles. The zero-order chi connectivity index (χ0) is 18.7. The number of benzene rings is 4. The number of hydrogen-bond donors (Lipinski definition) is 4. The van der Waals surface area contributed by atoms with E-state index in [4.69, 9.17) is 16.5 Å². The molecule has 5 heteroatoms. The molecule has 0 saturated heterocycles. The van der Waals surface area contributed by atoms with Gasteiger partial charge < -0.3 is 21.6 Å². The maximum atomic E-state index is 10.0. The molecule has 5 aromatic rings. The van der Waals surface area contributed by atoms with Crippen LogP contribution in [-0.4, -0.2) is 15.1 Å². The Bertz CT molecular complexity index is 1270. The van der Waals surface area contributed by atoms with Gasteiger partial charge in [-0.1, -0.05) is 18.2 Å². The Morgan fingerprint density at radius 3 is 2.48 bits per heavy atom. The molecule has 0 aliphatic heterocycles. The van der Waals surface area contributed by atoms with Crippen molar-refractivity contribution in [2.45, 2.75) is 6.92 Å². The molecule has 0 amide bonds. The smallest absolute Gasteiger partial charge is 0.140 e. The Labute approximate surface area is 155 Å². The molecular formula is C22H18N4O. The second kappa shape index (κ2) is 5.38. The number of phenolic OH excluding ortho intramolecular Hbond substituents is 1. The lowest BCUT2D eigenvalue weighted by Gasteiger charge is -2.07. The van der Waals surface area contributed by atoms with Crippen molar-refractivity contribution in [1.29, 1.82) is 0 Å². The minimum atomic E-state index is 0.212. The first kappa shape index (κ1) is 15.5. The predicted molar refractivity (Wildman–Crippen MR) is 112 cm³/mol. The van der Waals surface area contributed by atoms with Gasteiger partial charge in [-0.05, 0) is 59.7 Å². The summed E-state index contributed by atoms with van der Waals surface area (Å²) in [6.07, 6.45) is 0. The summed E-state index contributed by atoms with van der Waals surface area (Å²) in [6, 6.07) is 17.0. The van der Waals surface area contributed by atoms with E-state index in [9.17, 15) is 5.11 Å². The molecule has 0 atom stereocenters. The van der Waals surface area contributed by atoms with E-state index in [1.54, 1.807) is 12.1 Å². The Morgan fingerprint density at radius 2 is 1.67 bits per heavy atom. The van der Waals surface area contributed by atoms with Crippen molar-refractivity contribution in [3.8, 4) is 17.1 Å². The maximum absolute atomic E-state index is 10.0. The van der Waals surface area contributed by atoms with Crippen LogP contribution < -0.4 is 11.5 Å². The zero-order valence-electron chi connectivity index (χ0n) is 14.7. The van der Waals surface area contributed by atoms with Gasteiger partial charge in [0.15, 0.2) is 0 Å². The van der Waals surface area contributed by atoms with Crippen LogP contribution in [0.15, 0.2) is 54.6 Å². The number of hydrogen-bond acceptors (Lipinski definition) is 4. The number of nitrogens with zero attached hydrogens (tertiary/aromatic N) is 1. The number of nitrogens with one attached hydrogen (secondary N) is 1. The summed E-state index contributed by atoms with van der Waals surface area (Å²) < 4.78 is 0. The highest BCUT2D eigenvalue weighted by Gasteiger charge is 2.16. The molecule has 132 valence electrons. The number of phenols is 1. The number of anilines is 2. The molecule has 1 heterocycles. The molecule has 5 rings (SSSR count). The van der Waals surface area contributed by atoms with Crippen molar-refractivity contribution in [2.24, 2.45) is 0 Å². The second-order valence-corrected chi connectivity index (χ2v) is 6.88. The number of aryl methyl sites for hydroxylation is 1. The van der Waals surface area contributed by atoms with Crippen LogP contribution >= 0.6 is 0 Å².